The van der Waals surface area contributed by atoms with Gasteiger partial charge in [0, 0.05) is 36.6 Å². The second-order valence-corrected chi connectivity index (χ2v) is 8.11. The summed E-state index contributed by atoms with van der Waals surface area (Å²) >= 11 is 1.90. The van der Waals surface area contributed by atoms with Crippen LogP contribution in [-0.4, -0.2) is 4.57 Å². The van der Waals surface area contributed by atoms with Crippen LogP contribution in [0.1, 0.15) is 5.56 Å². The van der Waals surface area contributed by atoms with Crippen LogP contribution in [0, 0.1) is 6.92 Å². The van der Waals surface area contributed by atoms with E-state index in [4.69, 9.17) is 0 Å². The zero-order chi connectivity index (χ0) is 18.0. The summed E-state index contributed by atoms with van der Waals surface area (Å²) < 4.78 is 5.17. The van der Waals surface area contributed by atoms with E-state index >= 15 is 0 Å². The fraction of sp³-hybridized carbons (Fsp3) is 0.0400. The normalized spacial score (nSPS) is 11.9. The van der Waals surface area contributed by atoms with Crippen LogP contribution in [0.15, 0.2) is 84.9 Å². The summed E-state index contributed by atoms with van der Waals surface area (Å²) in [5.41, 5.74) is 5.17. The zero-order valence-corrected chi connectivity index (χ0v) is 15.8. The van der Waals surface area contributed by atoms with Crippen molar-refractivity contribution >= 4 is 53.3 Å². The molecule has 0 saturated heterocycles. The molecule has 0 saturated carbocycles. The molecule has 0 N–H and O–H groups in total. The van der Waals surface area contributed by atoms with Crippen molar-refractivity contribution < 1.29 is 0 Å². The van der Waals surface area contributed by atoms with E-state index in [0.29, 0.717) is 0 Å². The second-order valence-electron chi connectivity index (χ2n) is 7.06. The smallest absolute Gasteiger partial charge is 0.0584 e. The molecule has 0 radical (unpaired) electrons. The number of thiophene rings is 1. The maximum Gasteiger partial charge on any atom is 0.0584 e. The van der Waals surface area contributed by atoms with E-state index in [0.717, 1.165) is 0 Å². The molecule has 0 aliphatic rings. The Morgan fingerprint density at radius 3 is 2.22 bits per heavy atom. The molecule has 0 aliphatic heterocycles. The molecule has 6 rings (SSSR count). The number of hydrogen-bond acceptors (Lipinski definition) is 1. The van der Waals surface area contributed by atoms with Crippen LogP contribution in [-0.2, 0) is 0 Å². The minimum Gasteiger partial charge on any atom is -0.309 e. The quantitative estimate of drug-likeness (QED) is 0.286. The largest absolute Gasteiger partial charge is 0.309 e. The molecular weight excluding hydrogens is 346 g/mol. The molecule has 128 valence electrons. The number of rotatable bonds is 1. The summed E-state index contributed by atoms with van der Waals surface area (Å²) in [5.74, 6) is 0. The Bertz CT molecular complexity index is 1470. The van der Waals surface area contributed by atoms with Crippen LogP contribution < -0.4 is 0 Å². The number of hydrogen-bond donors (Lipinski definition) is 0. The van der Waals surface area contributed by atoms with E-state index in [2.05, 4.69) is 96.4 Å². The third-order valence-corrected chi connectivity index (χ3v) is 6.85. The Kier molecular flexibility index (Phi) is 3.03. The van der Waals surface area contributed by atoms with E-state index < -0.39 is 0 Å². The van der Waals surface area contributed by atoms with Crippen molar-refractivity contribution in [1.29, 1.82) is 0 Å². The van der Waals surface area contributed by atoms with Crippen LogP contribution >= 0.6 is 11.3 Å². The molecule has 0 aliphatic carbocycles. The number of fused-ring (bicyclic) bond motifs is 6. The maximum absolute atomic E-state index is 2.42. The van der Waals surface area contributed by atoms with E-state index in [1.807, 2.05) is 11.3 Å². The standard InChI is InChI=1S/C25H17NS/c1-16-24-20(15-21-19-12-6-8-14-23(19)27-25(16)21)18-11-5-7-13-22(18)26(24)17-9-3-2-4-10-17/h2-15H,1H3. The van der Waals surface area contributed by atoms with E-state index in [-0.39, 0.29) is 0 Å². The van der Waals surface area contributed by atoms with Gasteiger partial charge in [0.15, 0.2) is 0 Å². The lowest BCUT2D eigenvalue weighted by atomic mass is 10.0. The minimum atomic E-state index is 1.22. The summed E-state index contributed by atoms with van der Waals surface area (Å²) in [6, 6.07) is 30.6. The first-order valence-corrected chi connectivity index (χ1v) is 10.0. The first kappa shape index (κ1) is 15.0. The molecule has 1 nitrogen and oxygen atoms in total. The lowest BCUT2D eigenvalue weighted by molar-refractivity contribution is 1.17. The van der Waals surface area contributed by atoms with Crippen molar-refractivity contribution in [3.8, 4) is 5.69 Å². The van der Waals surface area contributed by atoms with Crippen LogP contribution in [0.2, 0.25) is 0 Å². The van der Waals surface area contributed by atoms with Gasteiger partial charge < -0.3 is 4.57 Å². The van der Waals surface area contributed by atoms with E-state index in [1.54, 1.807) is 0 Å². The lowest BCUT2D eigenvalue weighted by Crippen LogP contribution is -1.94. The van der Waals surface area contributed by atoms with Gasteiger partial charge in [0.25, 0.3) is 0 Å². The number of aromatic nitrogens is 1. The van der Waals surface area contributed by atoms with Gasteiger partial charge in [-0.3, -0.25) is 0 Å². The molecule has 27 heavy (non-hydrogen) atoms. The molecule has 0 spiro atoms. The summed E-state index contributed by atoms with van der Waals surface area (Å²) in [4.78, 5) is 0. The van der Waals surface area contributed by atoms with E-state index in [9.17, 15) is 0 Å². The van der Waals surface area contributed by atoms with Crippen LogP contribution in [0.25, 0.3) is 47.7 Å². The summed E-state index contributed by atoms with van der Waals surface area (Å²) in [6.45, 7) is 2.28. The maximum atomic E-state index is 2.42. The fourth-order valence-corrected chi connectivity index (χ4v) is 5.55. The van der Waals surface area contributed by atoms with Crippen molar-refractivity contribution in [2.45, 2.75) is 6.92 Å². The van der Waals surface area contributed by atoms with Gasteiger partial charge in [-0.15, -0.1) is 11.3 Å². The Hall–Kier alpha value is -3.10. The van der Waals surface area contributed by atoms with Crippen molar-refractivity contribution in [2.75, 3.05) is 0 Å². The first-order valence-electron chi connectivity index (χ1n) is 9.22. The average molecular weight is 363 g/mol. The molecule has 2 heteroatoms. The molecule has 0 fully saturated rings. The minimum absolute atomic E-state index is 1.22. The third-order valence-electron chi connectivity index (χ3n) is 5.55. The van der Waals surface area contributed by atoms with Crippen LogP contribution in [0.5, 0.6) is 0 Å². The van der Waals surface area contributed by atoms with Gasteiger partial charge in [0.1, 0.15) is 0 Å². The predicted octanol–water partition coefficient (Wildman–Crippen LogP) is 7.46. The predicted molar refractivity (Wildman–Crippen MR) is 118 cm³/mol. The molecule has 2 aromatic heterocycles. The Morgan fingerprint density at radius 2 is 1.37 bits per heavy atom. The molecule has 6 aromatic rings. The monoisotopic (exact) mass is 363 g/mol. The summed E-state index contributed by atoms with van der Waals surface area (Å²) in [7, 11) is 0. The molecule has 0 amide bonds. The van der Waals surface area contributed by atoms with Crippen molar-refractivity contribution in [1.82, 2.24) is 4.57 Å². The Labute approximate surface area is 161 Å². The third kappa shape index (κ3) is 1.99. The molecule has 0 unspecified atom stereocenters. The lowest BCUT2D eigenvalue weighted by Gasteiger charge is -2.10. The van der Waals surface area contributed by atoms with Crippen molar-refractivity contribution in [3.05, 3.63) is 90.5 Å². The molecule has 2 heterocycles. The highest BCUT2D eigenvalue weighted by molar-refractivity contribution is 7.26. The Morgan fingerprint density at radius 1 is 0.667 bits per heavy atom. The van der Waals surface area contributed by atoms with Crippen LogP contribution in [0.4, 0.5) is 0 Å². The highest BCUT2D eigenvalue weighted by atomic mass is 32.1. The average Bonchev–Trinajstić information content (AvgIpc) is 3.26. The highest BCUT2D eigenvalue weighted by Crippen LogP contribution is 2.42. The second kappa shape index (κ2) is 5.45. The number of aryl methyl sites for hydroxylation is 1. The van der Waals surface area contributed by atoms with Gasteiger partial charge in [0.2, 0.25) is 0 Å². The molecule has 0 atom stereocenters. The van der Waals surface area contributed by atoms with Gasteiger partial charge in [-0.1, -0.05) is 54.6 Å². The first-order chi connectivity index (χ1) is 13.3. The number of para-hydroxylation sites is 2. The van der Waals surface area contributed by atoms with Crippen molar-refractivity contribution in [3.63, 3.8) is 0 Å². The topological polar surface area (TPSA) is 4.93 Å². The van der Waals surface area contributed by atoms with Gasteiger partial charge >= 0.3 is 0 Å². The number of nitrogens with zero attached hydrogens (tertiary/aromatic N) is 1. The summed E-state index contributed by atoms with van der Waals surface area (Å²) in [6.07, 6.45) is 0. The van der Waals surface area contributed by atoms with Crippen molar-refractivity contribution in [2.24, 2.45) is 0 Å². The zero-order valence-electron chi connectivity index (χ0n) is 14.9. The highest BCUT2D eigenvalue weighted by Gasteiger charge is 2.18. The SMILES string of the molecule is Cc1c2sc3ccccc3c2cc2c3ccccc3n(-c3ccccc3)c12. The Balaban J connectivity index is 1.90. The van der Waals surface area contributed by atoms with Gasteiger partial charge in [-0.25, -0.2) is 0 Å². The van der Waals surface area contributed by atoms with E-state index in [1.165, 1.54) is 53.2 Å². The molecule has 0 bridgehead atoms. The molecular formula is C25H17NS. The van der Waals surface area contributed by atoms with Crippen LogP contribution in [0.3, 0.4) is 0 Å². The molecule has 4 aromatic carbocycles. The van der Waals surface area contributed by atoms with Gasteiger partial charge in [-0.2, -0.15) is 0 Å². The summed E-state index contributed by atoms with van der Waals surface area (Å²) in [5, 5.41) is 5.38. The fourth-order valence-electron chi connectivity index (χ4n) is 4.37. The van der Waals surface area contributed by atoms with Gasteiger partial charge in [0.05, 0.1) is 11.0 Å². The number of benzene rings is 4. The van der Waals surface area contributed by atoms with Gasteiger partial charge in [-0.05, 0) is 42.8 Å².